The van der Waals surface area contributed by atoms with Crippen LogP contribution >= 0.6 is 0 Å². The summed E-state index contributed by atoms with van der Waals surface area (Å²) in [6.07, 6.45) is 2.46. The van der Waals surface area contributed by atoms with Crippen LogP contribution in [0, 0.1) is 5.82 Å². The fourth-order valence-electron chi connectivity index (χ4n) is 7.53. The molecule has 6 heterocycles. The Morgan fingerprint density at radius 3 is 2.95 bits per heavy atom. The lowest BCUT2D eigenvalue weighted by atomic mass is 9.95. The van der Waals surface area contributed by atoms with E-state index in [-0.39, 0.29) is 29.4 Å². The number of fused-ring (bicyclic) bond motifs is 4. The van der Waals surface area contributed by atoms with Crippen molar-refractivity contribution >= 4 is 27.5 Å². The number of anilines is 1. The molecule has 4 aliphatic heterocycles. The van der Waals surface area contributed by atoms with Gasteiger partial charge in [-0.2, -0.15) is 9.97 Å². The number of nitrogens with zero attached hydrogens (tertiary/aromatic N) is 5. The Labute approximate surface area is 247 Å². The SMILES string of the molecule is CC[C@@H]1CN2c3nc(OC[C@]45CCCN4C[C@H](F)C5)nc4cc(-c5cc(O)cc6cccc(F)c56)nc(c34)OC[C@@H]2CN1. The summed E-state index contributed by atoms with van der Waals surface area (Å²) in [4.78, 5) is 19.1. The number of nitrogens with one attached hydrogen (secondary N) is 1. The number of rotatable bonds is 5. The zero-order chi connectivity index (χ0) is 29.3. The van der Waals surface area contributed by atoms with E-state index in [1.165, 1.54) is 18.2 Å². The van der Waals surface area contributed by atoms with Crippen LogP contribution in [-0.2, 0) is 0 Å². The molecule has 2 aromatic carbocycles. The molecule has 0 saturated carbocycles. The molecule has 224 valence electrons. The fourth-order valence-corrected chi connectivity index (χ4v) is 7.53. The van der Waals surface area contributed by atoms with Crippen LogP contribution in [-0.4, -0.2) is 88.1 Å². The number of aromatic nitrogens is 3. The first kappa shape index (κ1) is 26.8. The molecule has 4 atom stereocenters. The van der Waals surface area contributed by atoms with Crippen LogP contribution < -0.4 is 19.7 Å². The van der Waals surface area contributed by atoms with Crippen molar-refractivity contribution in [3.8, 4) is 28.9 Å². The summed E-state index contributed by atoms with van der Waals surface area (Å²) in [6, 6.07) is 10.1. The van der Waals surface area contributed by atoms with E-state index in [1.54, 1.807) is 18.2 Å². The number of halogens is 2. The number of hydrogen-bond acceptors (Lipinski definition) is 9. The molecule has 4 aromatic rings. The zero-order valence-electron chi connectivity index (χ0n) is 24.0. The molecule has 43 heavy (non-hydrogen) atoms. The van der Waals surface area contributed by atoms with Gasteiger partial charge in [0.05, 0.1) is 22.8 Å². The lowest BCUT2D eigenvalue weighted by Crippen LogP contribution is -2.58. The van der Waals surface area contributed by atoms with Gasteiger partial charge in [0, 0.05) is 43.0 Å². The van der Waals surface area contributed by atoms with Gasteiger partial charge in [-0.15, -0.1) is 0 Å². The molecule has 0 radical (unpaired) electrons. The van der Waals surface area contributed by atoms with Crippen molar-refractivity contribution in [3.05, 3.63) is 42.2 Å². The molecule has 9 nitrogen and oxygen atoms in total. The third kappa shape index (κ3) is 4.43. The predicted octanol–water partition coefficient (Wildman–Crippen LogP) is 4.59. The number of alkyl halides is 1. The molecular formula is C32H34F2N6O3. The Morgan fingerprint density at radius 2 is 2.07 bits per heavy atom. The number of hydrogen-bond donors (Lipinski definition) is 2. The first-order chi connectivity index (χ1) is 20.9. The third-order valence-corrected chi connectivity index (χ3v) is 9.70. The smallest absolute Gasteiger partial charge is 0.319 e. The first-order valence-corrected chi connectivity index (χ1v) is 15.2. The van der Waals surface area contributed by atoms with Crippen LogP contribution in [0.3, 0.4) is 0 Å². The molecule has 2 N–H and O–H groups in total. The van der Waals surface area contributed by atoms with Crippen LogP contribution in [0.4, 0.5) is 14.6 Å². The maximum Gasteiger partial charge on any atom is 0.319 e. The number of piperazine rings is 1. The van der Waals surface area contributed by atoms with Gasteiger partial charge in [-0.25, -0.2) is 13.8 Å². The van der Waals surface area contributed by atoms with Crippen LogP contribution in [0.15, 0.2) is 36.4 Å². The van der Waals surface area contributed by atoms with Gasteiger partial charge in [0.25, 0.3) is 0 Å². The number of ether oxygens (including phenoxy) is 2. The normalized spacial score (nSPS) is 26.8. The van der Waals surface area contributed by atoms with Crippen molar-refractivity contribution in [1.82, 2.24) is 25.2 Å². The molecule has 0 amide bonds. The summed E-state index contributed by atoms with van der Waals surface area (Å²) in [5, 5.41) is 15.7. The number of benzene rings is 2. The van der Waals surface area contributed by atoms with Crippen molar-refractivity contribution in [3.63, 3.8) is 0 Å². The average molecular weight is 589 g/mol. The topological polar surface area (TPSA) is 95.9 Å². The van der Waals surface area contributed by atoms with E-state index >= 15 is 4.39 Å². The minimum absolute atomic E-state index is 0.00565. The second kappa shape index (κ2) is 10.1. The van der Waals surface area contributed by atoms with E-state index in [0.717, 1.165) is 38.9 Å². The van der Waals surface area contributed by atoms with Gasteiger partial charge in [-0.05, 0) is 55.5 Å². The third-order valence-electron chi connectivity index (χ3n) is 9.70. The summed E-state index contributed by atoms with van der Waals surface area (Å²) in [5.74, 6) is 0.650. The lowest BCUT2D eigenvalue weighted by molar-refractivity contribution is 0.107. The van der Waals surface area contributed by atoms with Gasteiger partial charge < -0.3 is 24.8 Å². The van der Waals surface area contributed by atoms with Crippen LogP contribution in [0.25, 0.3) is 32.9 Å². The van der Waals surface area contributed by atoms with Gasteiger partial charge in [0.2, 0.25) is 5.88 Å². The largest absolute Gasteiger partial charge is 0.508 e. The Bertz CT molecular complexity index is 1740. The minimum atomic E-state index is -0.857. The van der Waals surface area contributed by atoms with Gasteiger partial charge in [0.1, 0.15) is 42.2 Å². The molecule has 0 bridgehead atoms. The van der Waals surface area contributed by atoms with Gasteiger partial charge in [-0.1, -0.05) is 19.1 Å². The maximum absolute atomic E-state index is 15.2. The number of pyridine rings is 1. The monoisotopic (exact) mass is 588 g/mol. The fraction of sp³-hybridized carbons (Fsp3) is 0.469. The zero-order valence-corrected chi connectivity index (χ0v) is 24.0. The highest BCUT2D eigenvalue weighted by atomic mass is 19.1. The van der Waals surface area contributed by atoms with E-state index in [0.29, 0.717) is 70.8 Å². The van der Waals surface area contributed by atoms with Crippen LogP contribution in [0.1, 0.15) is 32.6 Å². The van der Waals surface area contributed by atoms with E-state index < -0.39 is 12.0 Å². The molecule has 0 spiro atoms. The van der Waals surface area contributed by atoms with Crippen molar-refractivity contribution < 1.29 is 23.4 Å². The van der Waals surface area contributed by atoms with Crippen LogP contribution in [0.5, 0.6) is 17.6 Å². The highest BCUT2D eigenvalue weighted by Crippen LogP contribution is 2.43. The second-order valence-corrected chi connectivity index (χ2v) is 12.4. The van der Waals surface area contributed by atoms with E-state index in [9.17, 15) is 9.50 Å². The standard InChI is InChI=1S/C32H34F2N6O3/c1-2-20-15-40-21(13-35-20)16-42-30-28-26(11-25(36-30)23-10-22(41)9-18-5-3-6-24(34)27(18)23)37-31(38-29(28)40)43-17-32-7-4-8-39(32)14-19(33)12-32/h3,5-6,9-11,19-21,35,41H,2,4,7-8,12-17H2,1H3/t19-,20-,21+,32-/m1/s1. The van der Waals surface area contributed by atoms with Crippen molar-refractivity contribution in [2.45, 2.75) is 56.4 Å². The number of aromatic hydroxyl groups is 1. The number of phenols is 1. The molecule has 3 fully saturated rings. The Kier molecular flexibility index (Phi) is 6.30. The molecule has 0 aliphatic carbocycles. The second-order valence-electron chi connectivity index (χ2n) is 12.4. The molecule has 8 rings (SSSR count). The Balaban J connectivity index is 1.28. The molecular weight excluding hydrogens is 554 g/mol. The summed E-state index contributed by atoms with van der Waals surface area (Å²) in [5.41, 5.74) is 1.07. The average Bonchev–Trinajstić information content (AvgIpc) is 3.48. The molecule has 4 aliphatic rings. The molecule has 0 unspecified atom stereocenters. The van der Waals surface area contributed by atoms with Gasteiger partial charge >= 0.3 is 6.01 Å². The van der Waals surface area contributed by atoms with Crippen molar-refractivity contribution in [2.75, 3.05) is 44.3 Å². The summed E-state index contributed by atoms with van der Waals surface area (Å²) in [6.45, 7) is 5.62. The lowest BCUT2D eigenvalue weighted by Gasteiger charge is -2.39. The van der Waals surface area contributed by atoms with Crippen molar-refractivity contribution in [1.29, 1.82) is 0 Å². The van der Waals surface area contributed by atoms with Crippen molar-refractivity contribution in [2.24, 2.45) is 0 Å². The van der Waals surface area contributed by atoms with E-state index in [1.807, 2.05) is 0 Å². The predicted molar refractivity (Wildman–Crippen MR) is 159 cm³/mol. The maximum atomic E-state index is 15.2. The molecule has 2 aromatic heterocycles. The van der Waals surface area contributed by atoms with Gasteiger partial charge in [-0.3, -0.25) is 4.90 Å². The van der Waals surface area contributed by atoms with Gasteiger partial charge in [0.15, 0.2) is 0 Å². The summed E-state index contributed by atoms with van der Waals surface area (Å²) >= 11 is 0. The first-order valence-electron chi connectivity index (χ1n) is 15.2. The Morgan fingerprint density at radius 1 is 1.16 bits per heavy atom. The highest BCUT2D eigenvalue weighted by molar-refractivity contribution is 6.01. The molecule has 11 heteroatoms. The van der Waals surface area contributed by atoms with Crippen LogP contribution in [0.2, 0.25) is 0 Å². The minimum Gasteiger partial charge on any atom is -0.508 e. The Hall–Kier alpha value is -3.83. The number of phenolic OH excluding ortho intramolecular Hbond substituents is 1. The quantitative estimate of drug-likeness (QED) is 0.347. The highest BCUT2D eigenvalue weighted by Gasteiger charge is 2.49. The summed E-state index contributed by atoms with van der Waals surface area (Å²) < 4.78 is 42.3. The van der Waals surface area contributed by atoms with E-state index in [4.69, 9.17) is 24.4 Å². The molecule has 3 saturated heterocycles. The van der Waals surface area contributed by atoms with E-state index in [2.05, 4.69) is 22.0 Å². The summed E-state index contributed by atoms with van der Waals surface area (Å²) in [7, 11) is 0.